The van der Waals surface area contributed by atoms with Crippen molar-refractivity contribution in [2.45, 2.75) is 45.7 Å². The summed E-state index contributed by atoms with van der Waals surface area (Å²) in [5, 5.41) is -0.118. The van der Waals surface area contributed by atoms with Crippen LogP contribution in [-0.2, 0) is 6.18 Å². The summed E-state index contributed by atoms with van der Waals surface area (Å²) in [6.45, 7) is 5.48. The average Bonchev–Trinajstić information content (AvgIpc) is 2.37. The molecule has 0 unspecified atom stereocenters. The summed E-state index contributed by atoms with van der Waals surface area (Å²) in [6, 6.07) is 1.94. The first-order chi connectivity index (χ1) is 9.38. The minimum atomic E-state index is -4.40. The summed E-state index contributed by atoms with van der Waals surface area (Å²) >= 11 is 5.73. The standard InChI is InChI=1S/C14H20ClF3N2/c1-3-5-7-20(8-6-4-2)13-10-11(14(16,17)18)9-12(15)19-13/h9-10H,3-8H2,1-2H3. The van der Waals surface area contributed by atoms with Gasteiger partial charge in [-0.3, -0.25) is 0 Å². The molecule has 0 aliphatic carbocycles. The van der Waals surface area contributed by atoms with Gasteiger partial charge in [0, 0.05) is 13.1 Å². The van der Waals surface area contributed by atoms with Gasteiger partial charge in [0.25, 0.3) is 0 Å². The molecule has 1 rings (SSSR count). The summed E-state index contributed by atoms with van der Waals surface area (Å²) < 4.78 is 38.4. The molecule has 0 saturated heterocycles. The van der Waals surface area contributed by atoms with Crippen molar-refractivity contribution >= 4 is 17.4 Å². The van der Waals surface area contributed by atoms with E-state index in [0.717, 1.165) is 37.8 Å². The van der Waals surface area contributed by atoms with Crippen LogP contribution in [0.4, 0.5) is 19.0 Å². The highest BCUT2D eigenvalue weighted by molar-refractivity contribution is 6.29. The van der Waals surface area contributed by atoms with Crippen molar-refractivity contribution in [3.63, 3.8) is 0 Å². The molecule has 0 saturated carbocycles. The normalized spacial score (nSPS) is 11.7. The van der Waals surface area contributed by atoms with Crippen LogP contribution in [-0.4, -0.2) is 18.1 Å². The molecule has 20 heavy (non-hydrogen) atoms. The van der Waals surface area contributed by atoms with Gasteiger partial charge in [-0.15, -0.1) is 0 Å². The molecule has 0 bridgehead atoms. The van der Waals surface area contributed by atoms with Gasteiger partial charge in [0.05, 0.1) is 5.56 Å². The van der Waals surface area contributed by atoms with Crippen molar-refractivity contribution in [2.75, 3.05) is 18.0 Å². The second-order valence-corrected chi connectivity index (χ2v) is 5.12. The second-order valence-electron chi connectivity index (χ2n) is 4.73. The quantitative estimate of drug-likeness (QED) is 0.647. The molecule has 0 N–H and O–H groups in total. The van der Waals surface area contributed by atoms with Gasteiger partial charge in [-0.05, 0) is 25.0 Å². The third-order valence-corrected chi connectivity index (χ3v) is 3.19. The Bertz CT molecular complexity index is 413. The molecular weight excluding hydrogens is 289 g/mol. The van der Waals surface area contributed by atoms with Crippen LogP contribution in [0.2, 0.25) is 5.15 Å². The van der Waals surface area contributed by atoms with Crippen molar-refractivity contribution in [3.05, 3.63) is 22.8 Å². The van der Waals surface area contributed by atoms with Gasteiger partial charge in [0.15, 0.2) is 0 Å². The van der Waals surface area contributed by atoms with Crippen LogP contribution in [0, 0.1) is 0 Å². The molecular formula is C14H20ClF3N2. The summed E-state index contributed by atoms with van der Waals surface area (Å²) in [6.07, 6.45) is -0.605. The fourth-order valence-electron chi connectivity index (χ4n) is 1.85. The number of hydrogen-bond acceptors (Lipinski definition) is 2. The molecule has 2 nitrogen and oxygen atoms in total. The van der Waals surface area contributed by atoms with E-state index in [1.54, 1.807) is 0 Å². The largest absolute Gasteiger partial charge is 0.416 e. The predicted molar refractivity (Wildman–Crippen MR) is 76.3 cm³/mol. The molecule has 0 aromatic carbocycles. The van der Waals surface area contributed by atoms with Gasteiger partial charge in [0.2, 0.25) is 0 Å². The van der Waals surface area contributed by atoms with Gasteiger partial charge in [0.1, 0.15) is 11.0 Å². The molecule has 1 heterocycles. The third-order valence-electron chi connectivity index (χ3n) is 3.00. The van der Waals surface area contributed by atoms with Crippen LogP contribution < -0.4 is 4.90 Å². The Morgan fingerprint density at radius 2 is 1.65 bits per heavy atom. The fourth-order valence-corrected chi connectivity index (χ4v) is 2.05. The van der Waals surface area contributed by atoms with E-state index in [2.05, 4.69) is 4.98 Å². The number of aromatic nitrogens is 1. The van der Waals surface area contributed by atoms with Crippen molar-refractivity contribution in [1.29, 1.82) is 0 Å². The van der Waals surface area contributed by atoms with E-state index in [4.69, 9.17) is 11.6 Å². The Hall–Kier alpha value is -0.970. The maximum absolute atomic E-state index is 12.8. The lowest BCUT2D eigenvalue weighted by Crippen LogP contribution is -2.27. The van der Waals surface area contributed by atoms with Crippen LogP contribution in [0.5, 0.6) is 0 Å². The van der Waals surface area contributed by atoms with Gasteiger partial charge in [-0.2, -0.15) is 13.2 Å². The SMILES string of the molecule is CCCCN(CCCC)c1cc(C(F)(F)F)cc(Cl)n1. The van der Waals surface area contributed by atoms with Gasteiger partial charge < -0.3 is 4.90 Å². The van der Waals surface area contributed by atoms with Crippen molar-refractivity contribution in [3.8, 4) is 0 Å². The number of unbranched alkanes of at least 4 members (excludes halogenated alkanes) is 2. The maximum atomic E-state index is 12.8. The lowest BCUT2D eigenvalue weighted by molar-refractivity contribution is -0.137. The molecule has 0 fully saturated rings. The number of anilines is 1. The van der Waals surface area contributed by atoms with E-state index in [1.165, 1.54) is 0 Å². The van der Waals surface area contributed by atoms with E-state index in [9.17, 15) is 13.2 Å². The van der Waals surface area contributed by atoms with Crippen molar-refractivity contribution < 1.29 is 13.2 Å². The van der Waals surface area contributed by atoms with Gasteiger partial charge in [-0.1, -0.05) is 38.3 Å². The predicted octanol–water partition coefficient (Wildman–Crippen LogP) is 5.16. The maximum Gasteiger partial charge on any atom is 0.416 e. The highest BCUT2D eigenvalue weighted by Crippen LogP contribution is 2.32. The second kappa shape index (κ2) is 7.72. The van der Waals surface area contributed by atoms with Crippen molar-refractivity contribution in [1.82, 2.24) is 4.98 Å². The van der Waals surface area contributed by atoms with Gasteiger partial charge >= 0.3 is 6.18 Å². The number of rotatable bonds is 7. The van der Waals surface area contributed by atoms with Crippen LogP contribution in [0.1, 0.15) is 45.1 Å². The highest BCUT2D eigenvalue weighted by Gasteiger charge is 2.32. The molecule has 0 radical (unpaired) electrons. The van der Waals surface area contributed by atoms with Crippen LogP contribution in [0.25, 0.3) is 0 Å². The zero-order valence-corrected chi connectivity index (χ0v) is 12.6. The van der Waals surface area contributed by atoms with E-state index >= 15 is 0 Å². The van der Waals surface area contributed by atoms with Crippen LogP contribution in [0.15, 0.2) is 12.1 Å². The van der Waals surface area contributed by atoms with E-state index < -0.39 is 11.7 Å². The Morgan fingerprint density at radius 3 is 2.10 bits per heavy atom. The minimum absolute atomic E-state index is 0.118. The Kier molecular flexibility index (Phi) is 6.59. The highest BCUT2D eigenvalue weighted by atomic mass is 35.5. The van der Waals surface area contributed by atoms with E-state index in [1.807, 2.05) is 18.7 Å². The number of hydrogen-bond donors (Lipinski definition) is 0. The Morgan fingerprint density at radius 1 is 1.10 bits per heavy atom. The minimum Gasteiger partial charge on any atom is -0.357 e. The summed E-state index contributed by atoms with van der Waals surface area (Å²) in [4.78, 5) is 5.93. The smallest absolute Gasteiger partial charge is 0.357 e. The Labute approximate surface area is 122 Å². The number of pyridine rings is 1. The molecule has 0 amide bonds. The van der Waals surface area contributed by atoms with Crippen molar-refractivity contribution in [2.24, 2.45) is 0 Å². The summed E-state index contributed by atoms with van der Waals surface area (Å²) in [5.41, 5.74) is -0.745. The fraction of sp³-hybridized carbons (Fsp3) is 0.643. The first kappa shape index (κ1) is 17.1. The van der Waals surface area contributed by atoms with Crippen LogP contribution in [0.3, 0.4) is 0 Å². The van der Waals surface area contributed by atoms with E-state index in [-0.39, 0.29) is 5.15 Å². The lowest BCUT2D eigenvalue weighted by Gasteiger charge is -2.24. The summed E-state index contributed by atoms with van der Waals surface area (Å²) in [7, 11) is 0. The first-order valence-electron chi connectivity index (χ1n) is 6.88. The Balaban J connectivity index is 3.02. The van der Waals surface area contributed by atoms with E-state index in [0.29, 0.717) is 18.9 Å². The number of alkyl halides is 3. The molecule has 0 atom stereocenters. The topological polar surface area (TPSA) is 16.1 Å². The molecule has 0 spiro atoms. The first-order valence-corrected chi connectivity index (χ1v) is 7.26. The zero-order valence-electron chi connectivity index (χ0n) is 11.8. The average molecular weight is 309 g/mol. The molecule has 0 aliphatic rings. The molecule has 1 aromatic heterocycles. The molecule has 6 heteroatoms. The zero-order chi connectivity index (χ0) is 15.2. The number of nitrogens with zero attached hydrogens (tertiary/aromatic N) is 2. The molecule has 114 valence electrons. The molecule has 1 aromatic rings. The monoisotopic (exact) mass is 308 g/mol. The van der Waals surface area contributed by atoms with Crippen LogP contribution >= 0.6 is 11.6 Å². The number of halogens is 4. The van der Waals surface area contributed by atoms with Gasteiger partial charge in [-0.25, -0.2) is 4.98 Å². The summed E-state index contributed by atoms with van der Waals surface area (Å²) in [5.74, 6) is 0.312. The molecule has 0 aliphatic heterocycles. The lowest BCUT2D eigenvalue weighted by atomic mass is 10.2. The third kappa shape index (κ3) is 5.19.